The second-order valence-corrected chi connectivity index (χ2v) is 5.52. The first-order valence-corrected chi connectivity index (χ1v) is 7.03. The summed E-state index contributed by atoms with van der Waals surface area (Å²) in [5, 5.41) is 12.5. The lowest BCUT2D eigenvalue weighted by molar-refractivity contribution is 0.686. The normalized spacial score (nSPS) is 14.3. The second-order valence-electron chi connectivity index (χ2n) is 4.66. The van der Waals surface area contributed by atoms with Crippen molar-refractivity contribution in [1.29, 1.82) is 5.26 Å². The third kappa shape index (κ3) is 2.70. The van der Waals surface area contributed by atoms with E-state index in [0.717, 1.165) is 16.7 Å². The highest BCUT2D eigenvalue weighted by Gasteiger charge is 2.20. The monoisotopic (exact) mass is 316 g/mol. The van der Waals surface area contributed by atoms with Gasteiger partial charge in [0.05, 0.1) is 0 Å². The van der Waals surface area contributed by atoms with E-state index in [1.54, 1.807) is 17.0 Å². The Morgan fingerprint density at radius 1 is 1.47 bits per heavy atom. The fraction of sp³-hybridized carbons (Fsp3) is 0.286. The third-order valence-corrected chi connectivity index (χ3v) is 3.95. The van der Waals surface area contributed by atoms with Crippen LogP contribution in [0.3, 0.4) is 0 Å². The molecule has 0 radical (unpaired) electrons. The topological polar surface area (TPSA) is 53.6 Å². The fourth-order valence-corrected chi connectivity index (χ4v) is 2.47. The second kappa shape index (κ2) is 5.16. The van der Waals surface area contributed by atoms with Crippen molar-refractivity contribution in [3.63, 3.8) is 0 Å². The quantitative estimate of drug-likeness (QED) is 0.943. The minimum absolute atomic E-state index is 0.399. The van der Waals surface area contributed by atoms with Gasteiger partial charge in [-0.05, 0) is 30.5 Å². The van der Waals surface area contributed by atoms with Crippen molar-refractivity contribution in [2.24, 2.45) is 0 Å². The van der Waals surface area contributed by atoms with E-state index in [2.05, 4.69) is 38.4 Å². The molecule has 0 atom stereocenters. The minimum atomic E-state index is 0.399. The molecule has 1 N–H and O–H groups in total. The molecule has 0 bridgehead atoms. The molecule has 0 unspecified atom stereocenters. The summed E-state index contributed by atoms with van der Waals surface area (Å²) in [4.78, 5) is 4.01. The maximum absolute atomic E-state index is 8.99. The van der Waals surface area contributed by atoms with Crippen LogP contribution in [0.15, 0.2) is 35.1 Å². The van der Waals surface area contributed by atoms with Crippen molar-refractivity contribution in [3.05, 3.63) is 46.5 Å². The summed E-state index contributed by atoms with van der Waals surface area (Å²) in [6, 6.07) is 8.89. The molecule has 96 valence electrons. The van der Waals surface area contributed by atoms with E-state index >= 15 is 0 Å². The smallest absolute Gasteiger partial charge is 0.217 e. The Morgan fingerprint density at radius 2 is 2.32 bits per heavy atom. The first-order valence-electron chi connectivity index (χ1n) is 6.23. The maximum Gasteiger partial charge on any atom is 0.217 e. The van der Waals surface area contributed by atoms with Gasteiger partial charge in [0, 0.05) is 35.1 Å². The van der Waals surface area contributed by atoms with Crippen LogP contribution >= 0.6 is 15.9 Å². The molecular formula is C14H13BrN4. The van der Waals surface area contributed by atoms with Crippen LogP contribution in [0, 0.1) is 11.3 Å². The number of hydrogen-bond acceptors (Lipinski definition) is 3. The van der Waals surface area contributed by atoms with Crippen molar-refractivity contribution in [2.45, 2.75) is 25.4 Å². The Bertz CT molecular complexity index is 637. The molecule has 5 heteroatoms. The standard InChI is InChI=1S/C14H13BrN4/c15-13-7-12(19-6-5-17-14(19)8-16)4-1-10(13)9-18-11-2-3-11/h1,4-7,11,18H,2-3,9H2. The molecule has 0 saturated heterocycles. The van der Waals surface area contributed by atoms with Crippen LogP contribution in [0.4, 0.5) is 0 Å². The Kier molecular flexibility index (Phi) is 3.36. The van der Waals surface area contributed by atoms with Crippen molar-refractivity contribution in [1.82, 2.24) is 14.9 Å². The SMILES string of the molecule is N#Cc1nccn1-c1ccc(CNC2CC2)c(Br)c1. The average molecular weight is 317 g/mol. The number of halogens is 1. The summed E-state index contributed by atoms with van der Waals surface area (Å²) < 4.78 is 2.83. The summed E-state index contributed by atoms with van der Waals surface area (Å²) in [6.45, 7) is 0.876. The lowest BCUT2D eigenvalue weighted by atomic mass is 10.2. The van der Waals surface area contributed by atoms with Crippen molar-refractivity contribution >= 4 is 15.9 Å². The van der Waals surface area contributed by atoms with Crippen LogP contribution < -0.4 is 5.32 Å². The van der Waals surface area contributed by atoms with Crippen LogP contribution in [0.5, 0.6) is 0 Å². The zero-order valence-corrected chi connectivity index (χ0v) is 11.9. The molecule has 1 aliphatic rings. The molecular weight excluding hydrogens is 304 g/mol. The van der Waals surface area contributed by atoms with Crippen LogP contribution in [0.1, 0.15) is 24.2 Å². The lowest BCUT2D eigenvalue weighted by Crippen LogP contribution is -2.15. The Balaban J connectivity index is 1.84. The number of nitriles is 1. The van der Waals surface area contributed by atoms with Crippen molar-refractivity contribution in [2.75, 3.05) is 0 Å². The van der Waals surface area contributed by atoms with E-state index in [1.165, 1.54) is 18.4 Å². The molecule has 1 fully saturated rings. The van der Waals surface area contributed by atoms with E-state index in [1.807, 2.05) is 12.1 Å². The highest BCUT2D eigenvalue weighted by Crippen LogP contribution is 2.24. The van der Waals surface area contributed by atoms with Gasteiger partial charge in [0.2, 0.25) is 5.82 Å². The number of imidazole rings is 1. The van der Waals surface area contributed by atoms with Crippen molar-refractivity contribution < 1.29 is 0 Å². The van der Waals surface area contributed by atoms with Gasteiger partial charge in [0.25, 0.3) is 0 Å². The molecule has 4 nitrogen and oxygen atoms in total. The van der Waals surface area contributed by atoms with Gasteiger partial charge in [0.15, 0.2) is 0 Å². The van der Waals surface area contributed by atoms with Crippen LogP contribution in [0.25, 0.3) is 5.69 Å². The Morgan fingerprint density at radius 3 is 3.00 bits per heavy atom. The third-order valence-electron chi connectivity index (χ3n) is 3.21. The highest BCUT2D eigenvalue weighted by atomic mass is 79.9. The Hall–Kier alpha value is -1.64. The van der Waals surface area contributed by atoms with Crippen molar-refractivity contribution in [3.8, 4) is 11.8 Å². The largest absolute Gasteiger partial charge is 0.310 e. The molecule has 3 rings (SSSR count). The molecule has 2 aromatic rings. The van der Waals surface area contributed by atoms with Gasteiger partial charge in [0.1, 0.15) is 6.07 Å². The molecule has 1 aromatic heterocycles. The van der Waals surface area contributed by atoms with Gasteiger partial charge in [-0.1, -0.05) is 22.0 Å². The van der Waals surface area contributed by atoms with E-state index in [0.29, 0.717) is 11.9 Å². The van der Waals surface area contributed by atoms with Crippen LogP contribution in [0.2, 0.25) is 0 Å². The number of nitrogens with zero attached hydrogens (tertiary/aromatic N) is 3. The minimum Gasteiger partial charge on any atom is -0.310 e. The molecule has 0 amide bonds. The predicted molar refractivity (Wildman–Crippen MR) is 75.8 cm³/mol. The summed E-state index contributed by atoms with van der Waals surface area (Å²) in [7, 11) is 0. The first-order chi connectivity index (χ1) is 9.28. The van der Waals surface area contributed by atoms with E-state index in [9.17, 15) is 0 Å². The molecule has 1 aliphatic carbocycles. The van der Waals surface area contributed by atoms with Gasteiger partial charge in [-0.3, -0.25) is 4.57 Å². The zero-order valence-electron chi connectivity index (χ0n) is 10.3. The van der Waals surface area contributed by atoms with Gasteiger partial charge < -0.3 is 5.32 Å². The average Bonchev–Trinajstić information content (AvgIpc) is 3.12. The predicted octanol–water partition coefficient (Wildman–Crippen LogP) is 2.76. The van der Waals surface area contributed by atoms with E-state index < -0.39 is 0 Å². The number of aromatic nitrogens is 2. The van der Waals surface area contributed by atoms with E-state index in [4.69, 9.17) is 5.26 Å². The summed E-state index contributed by atoms with van der Waals surface area (Å²) in [5.41, 5.74) is 2.17. The number of nitrogens with one attached hydrogen (secondary N) is 1. The summed E-state index contributed by atoms with van der Waals surface area (Å²) in [5.74, 6) is 0.399. The molecule has 19 heavy (non-hydrogen) atoms. The molecule has 1 heterocycles. The van der Waals surface area contributed by atoms with Gasteiger partial charge in [-0.2, -0.15) is 5.26 Å². The molecule has 1 saturated carbocycles. The van der Waals surface area contributed by atoms with Crippen LogP contribution in [-0.4, -0.2) is 15.6 Å². The highest BCUT2D eigenvalue weighted by molar-refractivity contribution is 9.10. The molecule has 1 aromatic carbocycles. The Labute approximate surface area is 120 Å². The lowest BCUT2D eigenvalue weighted by Gasteiger charge is -2.09. The first kappa shape index (κ1) is 12.4. The summed E-state index contributed by atoms with van der Waals surface area (Å²) in [6.07, 6.45) is 6.00. The van der Waals surface area contributed by atoms with Gasteiger partial charge in [-0.15, -0.1) is 0 Å². The van der Waals surface area contributed by atoms with Gasteiger partial charge >= 0.3 is 0 Å². The number of rotatable bonds is 4. The maximum atomic E-state index is 8.99. The molecule has 0 aliphatic heterocycles. The number of benzene rings is 1. The number of hydrogen-bond donors (Lipinski definition) is 1. The van der Waals surface area contributed by atoms with Gasteiger partial charge in [-0.25, -0.2) is 4.98 Å². The fourth-order valence-electron chi connectivity index (χ4n) is 1.97. The molecule has 0 spiro atoms. The summed E-state index contributed by atoms with van der Waals surface area (Å²) >= 11 is 3.59. The zero-order chi connectivity index (χ0) is 13.2. The van der Waals surface area contributed by atoms with Crippen LogP contribution in [-0.2, 0) is 6.54 Å². The van der Waals surface area contributed by atoms with E-state index in [-0.39, 0.29) is 0 Å².